The maximum atomic E-state index is 3.69. The van der Waals surface area contributed by atoms with Crippen LogP contribution in [0.5, 0.6) is 0 Å². The zero-order valence-corrected chi connectivity index (χ0v) is 13.1. The fourth-order valence-corrected chi connectivity index (χ4v) is 2.89. The Kier molecular flexibility index (Phi) is 4.68. The van der Waals surface area contributed by atoms with Crippen molar-refractivity contribution in [1.82, 2.24) is 4.90 Å². The van der Waals surface area contributed by atoms with Crippen molar-refractivity contribution in [1.29, 1.82) is 0 Å². The second-order valence-electron chi connectivity index (χ2n) is 5.51. The van der Waals surface area contributed by atoms with Crippen molar-refractivity contribution in [3.05, 3.63) is 28.2 Å². The van der Waals surface area contributed by atoms with Crippen LogP contribution in [0.3, 0.4) is 0 Å². The van der Waals surface area contributed by atoms with Crippen LogP contribution in [-0.2, 0) is 0 Å². The first-order valence-electron chi connectivity index (χ1n) is 6.83. The molecule has 0 aromatic heterocycles. The van der Waals surface area contributed by atoms with Gasteiger partial charge in [-0.25, -0.2) is 0 Å². The third kappa shape index (κ3) is 3.48. The van der Waals surface area contributed by atoms with E-state index in [1.54, 1.807) is 0 Å². The molecule has 100 valence electrons. The molecular weight excluding hydrogens is 288 g/mol. The number of anilines is 1. The summed E-state index contributed by atoms with van der Waals surface area (Å²) < 4.78 is 1.15. The number of benzene rings is 1. The Morgan fingerprint density at radius 1 is 1.28 bits per heavy atom. The highest BCUT2D eigenvalue weighted by molar-refractivity contribution is 9.10. The van der Waals surface area contributed by atoms with Crippen LogP contribution in [0.4, 0.5) is 5.69 Å². The van der Waals surface area contributed by atoms with E-state index in [9.17, 15) is 0 Å². The van der Waals surface area contributed by atoms with Gasteiger partial charge in [-0.2, -0.15) is 0 Å². The van der Waals surface area contributed by atoms with E-state index >= 15 is 0 Å². The van der Waals surface area contributed by atoms with Crippen LogP contribution >= 0.6 is 15.9 Å². The van der Waals surface area contributed by atoms with Crippen molar-refractivity contribution >= 4 is 21.6 Å². The SMILES string of the molecule is Cc1ccc(Br)cc1NC1CCN(C(C)C)CC1. The third-order valence-electron chi connectivity index (χ3n) is 3.82. The summed E-state index contributed by atoms with van der Waals surface area (Å²) in [5.41, 5.74) is 2.59. The highest BCUT2D eigenvalue weighted by atomic mass is 79.9. The number of piperidine rings is 1. The third-order valence-corrected chi connectivity index (χ3v) is 4.31. The second kappa shape index (κ2) is 6.07. The van der Waals surface area contributed by atoms with E-state index in [2.05, 4.69) is 65.1 Å². The summed E-state index contributed by atoms with van der Waals surface area (Å²) in [5.74, 6) is 0. The van der Waals surface area contributed by atoms with Gasteiger partial charge in [-0.1, -0.05) is 22.0 Å². The summed E-state index contributed by atoms with van der Waals surface area (Å²) in [5, 5.41) is 3.69. The number of nitrogens with one attached hydrogen (secondary N) is 1. The molecule has 1 N–H and O–H groups in total. The van der Waals surface area contributed by atoms with Crippen molar-refractivity contribution in [3.8, 4) is 0 Å². The van der Waals surface area contributed by atoms with Crippen LogP contribution in [0.25, 0.3) is 0 Å². The lowest BCUT2D eigenvalue weighted by atomic mass is 10.0. The van der Waals surface area contributed by atoms with E-state index in [0.29, 0.717) is 12.1 Å². The second-order valence-corrected chi connectivity index (χ2v) is 6.42. The molecule has 0 unspecified atom stereocenters. The first-order chi connectivity index (χ1) is 8.56. The minimum atomic E-state index is 0.619. The quantitative estimate of drug-likeness (QED) is 0.906. The van der Waals surface area contributed by atoms with Gasteiger partial charge in [0.05, 0.1) is 0 Å². The molecule has 0 saturated carbocycles. The number of hydrogen-bond acceptors (Lipinski definition) is 2. The lowest BCUT2D eigenvalue weighted by Gasteiger charge is -2.35. The van der Waals surface area contributed by atoms with E-state index in [4.69, 9.17) is 0 Å². The van der Waals surface area contributed by atoms with Gasteiger partial charge in [-0.3, -0.25) is 0 Å². The van der Waals surface area contributed by atoms with Crippen molar-refractivity contribution in [2.45, 2.75) is 45.7 Å². The van der Waals surface area contributed by atoms with Crippen LogP contribution < -0.4 is 5.32 Å². The molecule has 2 rings (SSSR count). The number of nitrogens with zero attached hydrogens (tertiary/aromatic N) is 1. The van der Waals surface area contributed by atoms with E-state index in [1.807, 2.05) is 0 Å². The maximum Gasteiger partial charge on any atom is 0.0383 e. The van der Waals surface area contributed by atoms with Gasteiger partial charge in [0.1, 0.15) is 0 Å². The fraction of sp³-hybridized carbons (Fsp3) is 0.600. The molecule has 0 radical (unpaired) electrons. The Bertz CT molecular complexity index is 395. The minimum absolute atomic E-state index is 0.619. The van der Waals surface area contributed by atoms with Crippen LogP contribution in [-0.4, -0.2) is 30.1 Å². The molecule has 0 amide bonds. The van der Waals surface area contributed by atoms with E-state index in [-0.39, 0.29) is 0 Å². The standard InChI is InChI=1S/C15H23BrN2/c1-11(2)18-8-6-14(7-9-18)17-15-10-13(16)5-4-12(15)3/h4-5,10-11,14,17H,6-9H2,1-3H3. The molecule has 18 heavy (non-hydrogen) atoms. The summed E-state index contributed by atoms with van der Waals surface area (Å²) >= 11 is 3.54. The molecule has 1 saturated heterocycles. The Morgan fingerprint density at radius 3 is 2.56 bits per heavy atom. The van der Waals surface area contributed by atoms with Crippen molar-refractivity contribution in [2.24, 2.45) is 0 Å². The van der Waals surface area contributed by atoms with Gasteiger partial charge in [0.15, 0.2) is 0 Å². The van der Waals surface area contributed by atoms with Gasteiger partial charge in [0.25, 0.3) is 0 Å². The Morgan fingerprint density at radius 2 is 1.94 bits per heavy atom. The van der Waals surface area contributed by atoms with Crippen molar-refractivity contribution < 1.29 is 0 Å². The van der Waals surface area contributed by atoms with Crippen LogP contribution in [0, 0.1) is 6.92 Å². The van der Waals surface area contributed by atoms with Gasteiger partial charge in [0, 0.05) is 35.3 Å². The number of hydrogen-bond donors (Lipinski definition) is 1. The molecule has 0 atom stereocenters. The fourth-order valence-electron chi connectivity index (χ4n) is 2.53. The lowest BCUT2D eigenvalue weighted by Crippen LogP contribution is -2.42. The molecule has 1 fully saturated rings. The summed E-state index contributed by atoms with van der Waals surface area (Å²) in [6.45, 7) is 9.15. The molecule has 1 aromatic rings. The largest absolute Gasteiger partial charge is 0.382 e. The van der Waals surface area contributed by atoms with Crippen LogP contribution in [0.2, 0.25) is 0 Å². The van der Waals surface area contributed by atoms with Gasteiger partial charge in [0.2, 0.25) is 0 Å². The molecule has 1 aliphatic rings. The Balaban J connectivity index is 1.93. The Hall–Kier alpha value is -0.540. The van der Waals surface area contributed by atoms with Crippen LogP contribution in [0.15, 0.2) is 22.7 Å². The smallest absolute Gasteiger partial charge is 0.0383 e. The summed E-state index contributed by atoms with van der Waals surface area (Å²) in [6.07, 6.45) is 2.48. The first-order valence-corrected chi connectivity index (χ1v) is 7.62. The molecule has 0 spiro atoms. The van der Waals surface area contributed by atoms with E-state index in [0.717, 1.165) is 4.47 Å². The highest BCUT2D eigenvalue weighted by Gasteiger charge is 2.20. The molecule has 2 nitrogen and oxygen atoms in total. The number of halogens is 1. The van der Waals surface area contributed by atoms with Gasteiger partial charge < -0.3 is 10.2 Å². The van der Waals surface area contributed by atoms with Crippen molar-refractivity contribution in [2.75, 3.05) is 18.4 Å². The van der Waals surface area contributed by atoms with E-state index in [1.165, 1.54) is 37.2 Å². The molecule has 1 aromatic carbocycles. The molecule has 0 bridgehead atoms. The van der Waals surface area contributed by atoms with Crippen molar-refractivity contribution in [3.63, 3.8) is 0 Å². The zero-order valence-electron chi connectivity index (χ0n) is 11.5. The zero-order chi connectivity index (χ0) is 13.1. The first kappa shape index (κ1) is 13.9. The molecule has 1 heterocycles. The van der Waals surface area contributed by atoms with E-state index < -0.39 is 0 Å². The average Bonchev–Trinajstić information content (AvgIpc) is 2.34. The molecule has 0 aliphatic carbocycles. The highest BCUT2D eigenvalue weighted by Crippen LogP contribution is 2.24. The predicted molar refractivity (Wildman–Crippen MR) is 82.2 cm³/mol. The van der Waals surface area contributed by atoms with Crippen LogP contribution in [0.1, 0.15) is 32.3 Å². The lowest BCUT2D eigenvalue weighted by molar-refractivity contribution is 0.177. The molecule has 3 heteroatoms. The number of aryl methyl sites for hydroxylation is 1. The minimum Gasteiger partial charge on any atom is -0.382 e. The summed E-state index contributed by atoms with van der Waals surface area (Å²) in [6, 6.07) is 7.74. The van der Waals surface area contributed by atoms with Gasteiger partial charge in [-0.05, 0) is 51.3 Å². The van der Waals surface area contributed by atoms with Gasteiger partial charge in [-0.15, -0.1) is 0 Å². The number of rotatable bonds is 3. The molecule has 1 aliphatic heterocycles. The van der Waals surface area contributed by atoms with Gasteiger partial charge >= 0.3 is 0 Å². The summed E-state index contributed by atoms with van der Waals surface area (Å²) in [7, 11) is 0. The monoisotopic (exact) mass is 310 g/mol. The normalized spacial score (nSPS) is 18.3. The predicted octanol–water partition coefficient (Wildman–Crippen LogP) is 4.04. The number of likely N-dealkylation sites (tertiary alicyclic amines) is 1. The molecular formula is C15H23BrN2. The summed E-state index contributed by atoms with van der Waals surface area (Å²) in [4.78, 5) is 2.56. The average molecular weight is 311 g/mol. The maximum absolute atomic E-state index is 3.69. The topological polar surface area (TPSA) is 15.3 Å². The Labute approximate surface area is 119 Å².